The van der Waals surface area contributed by atoms with Crippen LogP contribution in [0.2, 0.25) is 0 Å². The van der Waals surface area contributed by atoms with Crippen LogP contribution in [0, 0.1) is 0 Å². The summed E-state index contributed by atoms with van der Waals surface area (Å²) in [5.74, 6) is 0. The van der Waals surface area contributed by atoms with Crippen LogP contribution >= 0.6 is 11.8 Å². The molecule has 0 fully saturated rings. The molecule has 24 heavy (non-hydrogen) atoms. The van der Waals surface area contributed by atoms with E-state index in [0.29, 0.717) is 0 Å². The molecule has 4 rings (SSSR count). The number of anilines is 3. The first-order valence-corrected chi connectivity index (χ1v) is 9.32. The number of benzene rings is 3. The fraction of sp³-hybridized carbons (Fsp3) is 0.0909. The largest absolute Gasteiger partial charge is 0.309 e. The van der Waals surface area contributed by atoms with Crippen LogP contribution in [0.25, 0.3) is 5.57 Å². The van der Waals surface area contributed by atoms with E-state index in [1.54, 1.807) is 0 Å². The molecule has 3 aromatic carbocycles. The molecular formula is C22H19NS. The third-order valence-electron chi connectivity index (χ3n) is 4.50. The monoisotopic (exact) mass is 329 g/mol. The van der Waals surface area contributed by atoms with E-state index in [0.717, 1.165) is 0 Å². The second-order valence-electron chi connectivity index (χ2n) is 5.84. The van der Waals surface area contributed by atoms with Gasteiger partial charge in [0, 0.05) is 22.4 Å². The number of rotatable bonds is 2. The standard InChI is InChI=1S/C22H19NS/c1-16(24-2)22-18-12-6-8-14-20(18)23(17-10-4-3-5-11-17)21-15-9-7-13-19(21)22/h3-15H,1-2H3. The van der Waals surface area contributed by atoms with Gasteiger partial charge in [0.2, 0.25) is 0 Å². The third kappa shape index (κ3) is 2.35. The van der Waals surface area contributed by atoms with Crippen LogP contribution in [-0.2, 0) is 0 Å². The van der Waals surface area contributed by atoms with E-state index in [1.165, 1.54) is 38.7 Å². The summed E-state index contributed by atoms with van der Waals surface area (Å²) in [4.78, 5) is 3.71. The maximum Gasteiger partial charge on any atom is 0.0540 e. The quantitative estimate of drug-likeness (QED) is 0.407. The lowest BCUT2D eigenvalue weighted by Crippen LogP contribution is -2.18. The summed E-state index contributed by atoms with van der Waals surface area (Å²) in [7, 11) is 0. The molecule has 1 heterocycles. The number of para-hydroxylation sites is 3. The van der Waals surface area contributed by atoms with Crippen molar-refractivity contribution in [3.63, 3.8) is 0 Å². The molecule has 1 aliphatic rings. The maximum absolute atomic E-state index is 2.36. The first-order valence-electron chi connectivity index (χ1n) is 8.10. The van der Waals surface area contributed by atoms with Gasteiger partial charge in [-0.3, -0.25) is 0 Å². The Balaban J connectivity index is 2.06. The van der Waals surface area contributed by atoms with E-state index in [9.17, 15) is 0 Å². The van der Waals surface area contributed by atoms with Gasteiger partial charge in [0.05, 0.1) is 11.4 Å². The van der Waals surface area contributed by atoms with Crippen LogP contribution in [0.3, 0.4) is 0 Å². The number of thioether (sulfide) groups is 1. The van der Waals surface area contributed by atoms with Gasteiger partial charge in [-0.05, 0) is 42.4 Å². The van der Waals surface area contributed by atoms with Crippen LogP contribution in [-0.4, -0.2) is 6.26 Å². The van der Waals surface area contributed by atoms with Crippen molar-refractivity contribution < 1.29 is 0 Å². The van der Waals surface area contributed by atoms with Crippen molar-refractivity contribution in [2.45, 2.75) is 6.92 Å². The maximum atomic E-state index is 2.36. The highest BCUT2D eigenvalue weighted by molar-refractivity contribution is 8.02. The molecule has 118 valence electrons. The van der Waals surface area contributed by atoms with Crippen molar-refractivity contribution in [2.75, 3.05) is 11.2 Å². The molecular weight excluding hydrogens is 310 g/mol. The number of hydrogen-bond acceptors (Lipinski definition) is 2. The van der Waals surface area contributed by atoms with Crippen LogP contribution in [0.5, 0.6) is 0 Å². The van der Waals surface area contributed by atoms with Crippen molar-refractivity contribution in [2.24, 2.45) is 0 Å². The van der Waals surface area contributed by atoms with E-state index >= 15 is 0 Å². The van der Waals surface area contributed by atoms with Gasteiger partial charge in [-0.2, -0.15) is 0 Å². The number of allylic oxidation sites excluding steroid dienone is 1. The zero-order valence-electron chi connectivity index (χ0n) is 13.9. The average Bonchev–Trinajstić information content (AvgIpc) is 2.66. The second-order valence-corrected chi connectivity index (χ2v) is 6.86. The van der Waals surface area contributed by atoms with E-state index in [4.69, 9.17) is 0 Å². The number of fused-ring (bicyclic) bond motifs is 2. The minimum atomic E-state index is 1.19. The van der Waals surface area contributed by atoms with Gasteiger partial charge >= 0.3 is 0 Å². The Kier molecular flexibility index (Phi) is 3.91. The van der Waals surface area contributed by atoms with Gasteiger partial charge in [0.25, 0.3) is 0 Å². The van der Waals surface area contributed by atoms with E-state index in [2.05, 4.69) is 96.9 Å². The first-order chi connectivity index (χ1) is 11.8. The SMILES string of the molecule is CSC(C)=C1c2ccccc2N(c2ccccc2)c2ccccc21. The lowest BCUT2D eigenvalue weighted by molar-refractivity contribution is 1.23. The Hall–Kier alpha value is -2.45. The first kappa shape index (κ1) is 15.1. The Morgan fingerprint density at radius 3 is 1.75 bits per heavy atom. The molecule has 0 N–H and O–H groups in total. The summed E-state index contributed by atoms with van der Waals surface area (Å²) in [5, 5.41) is 0. The molecule has 0 atom stereocenters. The molecule has 0 amide bonds. The van der Waals surface area contributed by atoms with E-state index in [-0.39, 0.29) is 0 Å². The fourth-order valence-corrected chi connectivity index (χ4v) is 3.80. The molecule has 2 heteroatoms. The predicted octanol–water partition coefficient (Wildman–Crippen LogP) is 6.61. The minimum Gasteiger partial charge on any atom is -0.309 e. The smallest absolute Gasteiger partial charge is 0.0540 e. The molecule has 1 nitrogen and oxygen atoms in total. The summed E-state index contributed by atoms with van der Waals surface area (Å²) in [6.07, 6.45) is 2.15. The summed E-state index contributed by atoms with van der Waals surface area (Å²) in [6.45, 7) is 2.21. The summed E-state index contributed by atoms with van der Waals surface area (Å²) < 4.78 is 0. The lowest BCUT2D eigenvalue weighted by atomic mass is 9.89. The molecule has 3 aromatic rings. The fourth-order valence-electron chi connectivity index (χ4n) is 3.37. The summed E-state index contributed by atoms with van der Waals surface area (Å²) in [5.41, 5.74) is 7.62. The Morgan fingerprint density at radius 1 is 0.708 bits per heavy atom. The van der Waals surface area contributed by atoms with Gasteiger partial charge in [-0.1, -0.05) is 54.6 Å². The number of nitrogens with zero attached hydrogens (tertiary/aromatic N) is 1. The molecule has 0 aliphatic carbocycles. The van der Waals surface area contributed by atoms with Gasteiger partial charge in [-0.25, -0.2) is 0 Å². The zero-order valence-corrected chi connectivity index (χ0v) is 14.7. The highest BCUT2D eigenvalue weighted by Gasteiger charge is 2.27. The van der Waals surface area contributed by atoms with Crippen LogP contribution < -0.4 is 4.90 Å². The molecule has 1 aliphatic heterocycles. The average molecular weight is 329 g/mol. The van der Waals surface area contributed by atoms with Gasteiger partial charge in [0.15, 0.2) is 0 Å². The van der Waals surface area contributed by atoms with Crippen LogP contribution in [0.15, 0.2) is 83.8 Å². The Labute approximate surface area is 147 Å². The van der Waals surface area contributed by atoms with Crippen molar-refractivity contribution in [1.29, 1.82) is 0 Å². The predicted molar refractivity (Wildman–Crippen MR) is 106 cm³/mol. The van der Waals surface area contributed by atoms with Crippen molar-refractivity contribution >= 4 is 34.4 Å². The highest BCUT2D eigenvalue weighted by Crippen LogP contribution is 2.50. The Bertz CT molecular complexity index is 863. The van der Waals surface area contributed by atoms with Crippen molar-refractivity contribution in [1.82, 2.24) is 0 Å². The molecule has 0 bridgehead atoms. The van der Waals surface area contributed by atoms with Crippen molar-refractivity contribution in [3.8, 4) is 0 Å². The third-order valence-corrected chi connectivity index (χ3v) is 5.32. The Morgan fingerprint density at radius 2 is 1.21 bits per heavy atom. The van der Waals surface area contributed by atoms with E-state index in [1.807, 2.05) is 11.8 Å². The molecule has 0 aromatic heterocycles. The molecule has 0 radical (unpaired) electrons. The lowest BCUT2D eigenvalue weighted by Gasteiger charge is -2.35. The van der Waals surface area contributed by atoms with Gasteiger partial charge in [0.1, 0.15) is 0 Å². The van der Waals surface area contributed by atoms with Gasteiger partial charge in [-0.15, -0.1) is 11.8 Å². The number of hydrogen-bond donors (Lipinski definition) is 0. The summed E-state index contributed by atoms with van der Waals surface area (Å²) >= 11 is 1.82. The van der Waals surface area contributed by atoms with E-state index < -0.39 is 0 Å². The highest BCUT2D eigenvalue weighted by atomic mass is 32.2. The van der Waals surface area contributed by atoms with Gasteiger partial charge < -0.3 is 4.90 Å². The summed E-state index contributed by atoms with van der Waals surface area (Å²) in [6, 6.07) is 28.0. The molecule has 0 unspecified atom stereocenters. The molecule has 0 saturated heterocycles. The van der Waals surface area contributed by atoms with Crippen LogP contribution in [0.1, 0.15) is 18.1 Å². The topological polar surface area (TPSA) is 3.24 Å². The zero-order chi connectivity index (χ0) is 16.5. The molecule has 0 spiro atoms. The van der Waals surface area contributed by atoms with Crippen molar-refractivity contribution in [3.05, 3.63) is 94.9 Å². The van der Waals surface area contributed by atoms with Crippen LogP contribution in [0.4, 0.5) is 17.1 Å². The minimum absolute atomic E-state index is 1.19. The second kappa shape index (κ2) is 6.21. The molecule has 0 saturated carbocycles. The normalized spacial score (nSPS) is 12.6.